The molecule has 0 saturated heterocycles. The molecule has 7 nitrogen and oxygen atoms in total. The van der Waals surface area contributed by atoms with E-state index in [2.05, 4.69) is 5.32 Å². The molecule has 1 aliphatic carbocycles. The van der Waals surface area contributed by atoms with E-state index in [0.29, 0.717) is 0 Å². The zero-order chi connectivity index (χ0) is 14.1. The first-order chi connectivity index (χ1) is 8.11. The Morgan fingerprint density at radius 1 is 1.22 bits per heavy atom. The fraction of sp³-hybridized carbons (Fsp3) is 0.818. The molecule has 104 valence electrons. The molecule has 0 aromatic heterocycles. The van der Waals surface area contributed by atoms with Crippen LogP contribution in [0, 0.1) is 5.92 Å². The van der Waals surface area contributed by atoms with E-state index in [4.69, 9.17) is 9.84 Å². The molecule has 1 rings (SSSR count). The summed E-state index contributed by atoms with van der Waals surface area (Å²) in [6.07, 6.45) is -3.47. The third-order valence-electron chi connectivity index (χ3n) is 2.70. The van der Waals surface area contributed by atoms with Crippen LogP contribution < -0.4 is 5.32 Å². The maximum Gasteiger partial charge on any atom is 0.407 e. The lowest BCUT2D eigenvalue weighted by molar-refractivity contribution is -0.145. The molecule has 0 radical (unpaired) electrons. The van der Waals surface area contributed by atoms with Crippen LogP contribution in [0.3, 0.4) is 0 Å². The highest BCUT2D eigenvalue weighted by molar-refractivity contribution is 5.72. The summed E-state index contributed by atoms with van der Waals surface area (Å²) in [5.74, 6) is -2.28. The fourth-order valence-corrected chi connectivity index (χ4v) is 1.88. The summed E-state index contributed by atoms with van der Waals surface area (Å²) in [6, 6.07) is -0.823. The number of amides is 1. The van der Waals surface area contributed by atoms with Crippen molar-refractivity contribution >= 4 is 12.1 Å². The van der Waals surface area contributed by atoms with Crippen LogP contribution in [0.4, 0.5) is 4.79 Å². The average molecular weight is 261 g/mol. The number of alkyl carbamates (subject to hydrolysis) is 1. The molecule has 0 spiro atoms. The van der Waals surface area contributed by atoms with E-state index in [-0.39, 0.29) is 6.42 Å². The highest BCUT2D eigenvalue weighted by Gasteiger charge is 2.46. The molecular weight excluding hydrogens is 242 g/mol. The van der Waals surface area contributed by atoms with Crippen LogP contribution in [-0.4, -0.2) is 51.2 Å². The Hall–Kier alpha value is -1.34. The van der Waals surface area contributed by atoms with Gasteiger partial charge >= 0.3 is 12.1 Å². The van der Waals surface area contributed by atoms with E-state index >= 15 is 0 Å². The van der Waals surface area contributed by atoms with Gasteiger partial charge in [-0.3, -0.25) is 4.79 Å². The number of hydrogen-bond donors (Lipinski definition) is 4. The molecule has 4 N–H and O–H groups in total. The second kappa shape index (κ2) is 5.11. The van der Waals surface area contributed by atoms with Crippen LogP contribution in [0.1, 0.15) is 27.2 Å². The van der Waals surface area contributed by atoms with E-state index in [1.165, 1.54) is 0 Å². The van der Waals surface area contributed by atoms with Gasteiger partial charge in [0.05, 0.1) is 18.1 Å². The van der Waals surface area contributed by atoms with Gasteiger partial charge in [0.2, 0.25) is 0 Å². The van der Waals surface area contributed by atoms with E-state index < -0.39 is 41.8 Å². The fourth-order valence-electron chi connectivity index (χ4n) is 1.88. The minimum Gasteiger partial charge on any atom is -0.481 e. The Bertz CT molecular complexity index is 337. The molecule has 1 aliphatic rings. The molecule has 7 heteroatoms. The van der Waals surface area contributed by atoms with Gasteiger partial charge in [-0.1, -0.05) is 0 Å². The number of carbonyl (C=O) groups excluding carboxylic acids is 1. The average Bonchev–Trinajstić information content (AvgIpc) is 2.43. The maximum atomic E-state index is 11.5. The van der Waals surface area contributed by atoms with Crippen molar-refractivity contribution in [2.45, 2.75) is 51.0 Å². The summed E-state index contributed by atoms with van der Waals surface area (Å²) < 4.78 is 4.99. The van der Waals surface area contributed by atoms with Crippen LogP contribution in [0.15, 0.2) is 0 Å². The van der Waals surface area contributed by atoms with Gasteiger partial charge in [-0.25, -0.2) is 4.79 Å². The Kier molecular flexibility index (Phi) is 4.18. The molecule has 0 aromatic carbocycles. The van der Waals surface area contributed by atoms with Gasteiger partial charge in [0.1, 0.15) is 11.7 Å². The van der Waals surface area contributed by atoms with Crippen molar-refractivity contribution in [2.24, 2.45) is 5.92 Å². The maximum absolute atomic E-state index is 11.5. The molecule has 4 atom stereocenters. The normalized spacial score (nSPS) is 32.1. The second-order valence-electron chi connectivity index (χ2n) is 5.41. The largest absolute Gasteiger partial charge is 0.481 e. The summed E-state index contributed by atoms with van der Waals surface area (Å²) >= 11 is 0. The number of nitrogens with one attached hydrogen (secondary N) is 1. The monoisotopic (exact) mass is 261 g/mol. The lowest BCUT2D eigenvalue weighted by Crippen LogP contribution is -2.45. The first kappa shape index (κ1) is 14.7. The van der Waals surface area contributed by atoms with Crippen molar-refractivity contribution in [1.29, 1.82) is 0 Å². The highest BCUT2D eigenvalue weighted by atomic mass is 16.6. The predicted molar refractivity (Wildman–Crippen MR) is 60.9 cm³/mol. The highest BCUT2D eigenvalue weighted by Crippen LogP contribution is 2.27. The van der Waals surface area contributed by atoms with Gasteiger partial charge < -0.3 is 25.4 Å². The molecular formula is C11H19NO6. The van der Waals surface area contributed by atoms with Crippen molar-refractivity contribution in [3.8, 4) is 0 Å². The summed E-state index contributed by atoms with van der Waals surface area (Å²) in [5.41, 5.74) is -0.682. The summed E-state index contributed by atoms with van der Waals surface area (Å²) in [4.78, 5) is 22.3. The molecule has 0 bridgehead atoms. The molecule has 0 heterocycles. The van der Waals surface area contributed by atoms with Gasteiger partial charge in [0.15, 0.2) is 0 Å². The van der Waals surface area contributed by atoms with Gasteiger partial charge in [-0.05, 0) is 27.2 Å². The third kappa shape index (κ3) is 3.58. The van der Waals surface area contributed by atoms with Gasteiger partial charge in [0, 0.05) is 0 Å². The Morgan fingerprint density at radius 3 is 2.17 bits per heavy atom. The van der Waals surface area contributed by atoms with Crippen LogP contribution >= 0.6 is 0 Å². The number of carbonyl (C=O) groups is 2. The minimum atomic E-state index is -1.39. The Labute approximate surface area is 105 Å². The van der Waals surface area contributed by atoms with E-state index in [0.717, 1.165) is 0 Å². The predicted octanol–water partition coefficient (Wildman–Crippen LogP) is -0.294. The van der Waals surface area contributed by atoms with Crippen molar-refractivity contribution in [1.82, 2.24) is 5.32 Å². The van der Waals surface area contributed by atoms with Gasteiger partial charge in [0.25, 0.3) is 0 Å². The Balaban J connectivity index is 2.59. The second-order valence-corrected chi connectivity index (χ2v) is 5.41. The van der Waals surface area contributed by atoms with Crippen LogP contribution in [0.5, 0.6) is 0 Å². The van der Waals surface area contributed by atoms with Crippen LogP contribution in [0.25, 0.3) is 0 Å². The lowest BCUT2D eigenvalue weighted by atomic mass is 10.1. The number of aliphatic hydroxyl groups is 2. The first-order valence-corrected chi connectivity index (χ1v) is 5.70. The molecule has 0 unspecified atom stereocenters. The Morgan fingerprint density at radius 2 is 1.78 bits per heavy atom. The van der Waals surface area contributed by atoms with Crippen molar-refractivity contribution in [3.63, 3.8) is 0 Å². The molecule has 0 aliphatic heterocycles. The van der Waals surface area contributed by atoms with Crippen molar-refractivity contribution < 1.29 is 29.6 Å². The molecule has 1 fully saturated rings. The number of carboxylic acid groups (broad SMARTS) is 1. The topological polar surface area (TPSA) is 116 Å². The summed E-state index contributed by atoms with van der Waals surface area (Å²) in [5, 5.41) is 30.4. The van der Waals surface area contributed by atoms with E-state index in [1.54, 1.807) is 20.8 Å². The van der Waals surface area contributed by atoms with Crippen molar-refractivity contribution in [2.75, 3.05) is 0 Å². The van der Waals surface area contributed by atoms with E-state index in [1.807, 2.05) is 0 Å². The molecule has 1 saturated carbocycles. The van der Waals surface area contributed by atoms with Gasteiger partial charge in [-0.2, -0.15) is 0 Å². The standard InChI is InChI=1S/C11H19NO6/c1-11(2,3)18-10(17)12-6-4-5(9(15)16)7(13)8(6)14/h5-8,13-14H,4H2,1-3H3,(H,12,17)(H,15,16)/t5-,6+,7-,8-/m1/s1. The first-order valence-electron chi connectivity index (χ1n) is 5.70. The SMILES string of the molecule is CC(C)(C)OC(=O)N[C@H]1C[C@@H](C(=O)O)[C@@H](O)[C@@H]1O. The number of aliphatic hydroxyl groups excluding tert-OH is 2. The quantitative estimate of drug-likeness (QED) is 0.542. The number of rotatable bonds is 2. The summed E-state index contributed by atoms with van der Waals surface area (Å²) in [6.45, 7) is 5.06. The number of hydrogen-bond acceptors (Lipinski definition) is 5. The number of ether oxygens (including phenoxy) is 1. The minimum absolute atomic E-state index is 0.0308. The number of carboxylic acids is 1. The molecule has 18 heavy (non-hydrogen) atoms. The van der Waals surface area contributed by atoms with E-state index in [9.17, 15) is 19.8 Å². The molecule has 1 amide bonds. The third-order valence-corrected chi connectivity index (χ3v) is 2.70. The van der Waals surface area contributed by atoms with Gasteiger partial charge in [-0.15, -0.1) is 0 Å². The smallest absolute Gasteiger partial charge is 0.407 e. The zero-order valence-corrected chi connectivity index (χ0v) is 10.6. The number of aliphatic carboxylic acids is 1. The van der Waals surface area contributed by atoms with Crippen LogP contribution in [-0.2, 0) is 9.53 Å². The molecule has 0 aromatic rings. The van der Waals surface area contributed by atoms with Crippen molar-refractivity contribution in [3.05, 3.63) is 0 Å². The lowest BCUT2D eigenvalue weighted by Gasteiger charge is -2.23. The van der Waals surface area contributed by atoms with Crippen LogP contribution in [0.2, 0.25) is 0 Å². The summed E-state index contributed by atoms with van der Waals surface area (Å²) in [7, 11) is 0. The zero-order valence-electron chi connectivity index (χ0n) is 10.6.